The Morgan fingerprint density at radius 1 is 1.08 bits per heavy atom. The van der Waals surface area contributed by atoms with E-state index in [1.165, 1.54) is 19.3 Å². The van der Waals surface area contributed by atoms with Gasteiger partial charge in [-0.15, -0.1) is 0 Å². The maximum atomic E-state index is 12.4. The number of carbonyl (C=O) groups excluding carboxylic acids is 1. The lowest BCUT2D eigenvalue weighted by atomic mass is 9.92. The van der Waals surface area contributed by atoms with Gasteiger partial charge in [0.25, 0.3) is 0 Å². The van der Waals surface area contributed by atoms with E-state index in [-0.39, 0.29) is 6.10 Å². The molecule has 1 N–H and O–H groups in total. The number of nitrogens with zero attached hydrogens (tertiary/aromatic N) is 1. The molecule has 4 nitrogen and oxygen atoms in total. The molecule has 0 bridgehead atoms. The van der Waals surface area contributed by atoms with E-state index < -0.39 is 0 Å². The second-order valence-corrected chi connectivity index (χ2v) is 7.49. The van der Waals surface area contributed by atoms with Crippen molar-refractivity contribution in [3.8, 4) is 11.8 Å². The predicted molar refractivity (Wildman–Crippen MR) is 90.3 cm³/mol. The first kappa shape index (κ1) is 15.5. The minimum Gasteiger partial charge on any atom is -0.489 e. The number of hydrogen-bond donors (Lipinski definition) is 1. The van der Waals surface area contributed by atoms with Gasteiger partial charge in [-0.05, 0) is 62.5 Å². The third-order valence-corrected chi connectivity index (χ3v) is 6.03. The van der Waals surface area contributed by atoms with E-state index in [9.17, 15) is 4.79 Å². The molecule has 4 rings (SSSR count). The van der Waals surface area contributed by atoms with Crippen LogP contribution in [0.15, 0.2) is 24.3 Å². The summed E-state index contributed by atoms with van der Waals surface area (Å²) >= 11 is 0. The van der Waals surface area contributed by atoms with Gasteiger partial charge >= 0.3 is 0 Å². The molecule has 0 aliphatic heterocycles. The highest BCUT2D eigenvalue weighted by atomic mass is 16.5. The van der Waals surface area contributed by atoms with Crippen LogP contribution in [0.25, 0.3) is 0 Å². The van der Waals surface area contributed by atoms with Crippen molar-refractivity contribution in [2.24, 2.45) is 17.8 Å². The summed E-state index contributed by atoms with van der Waals surface area (Å²) in [4.78, 5) is 12.4. The predicted octanol–water partition coefficient (Wildman–Crippen LogP) is 3.41. The van der Waals surface area contributed by atoms with Crippen LogP contribution in [-0.4, -0.2) is 18.1 Å². The lowest BCUT2D eigenvalue weighted by Gasteiger charge is -2.30. The van der Waals surface area contributed by atoms with Gasteiger partial charge in [-0.3, -0.25) is 4.79 Å². The van der Waals surface area contributed by atoms with Crippen LogP contribution in [0.3, 0.4) is 0 Å². The minimum atomic E-state index is 0.146. The Morgan fingerprint density at radius 3 is 2.50 bits per heavy atom. The van der Waals surface area contributed by atoms with E-state index in [1.54, 1.807) is 6.07 Å². The highest BCUT2D eigenvalue weighted by Gasteiger charge is 2.56. The minimum absolute atomic E-state index is 0.146. The Labute approximate surface area is 143 Å². The normalized spacial score (nSPS) is 34.0. The van der Waals surface area contributed by atoms with Crippen molar-refractivity contribution in [3.05, 3.63) is 29.8 Å². The van der Waals surface area contributed by atoms with E-state index >= 15 is 0 Å². The quantitative estimate of drug-likeness (QED) is 0.923. The maximum absolute atomic E-state index is 12.4. The largest absolute Gasteiger partial charge is 0.489 e. The fourth-order valence-electron chi connectivity index (χ4n) is 4.67. The Kier molecular flexibility index (Phi) is 4.18. The summed E-state index contributed by atoms with van der Waals surface area (Å²) < 4.78 is 6.02. The number of benzene rings is 1. The van der Waals surface area contributed by atoms with Gasteiger partial charge in [-0.1, -0.05) is 18.6 Å². The van der Waals surface area contributed by atoms with Crippen LogP contribution >= 0.6 is 0 Å². The van der Waals surface area contributed by atoms with Crippen LogP contribution in [0, 0.1) is 29.1 Å². The van der Waals surface area contributed by atoms with Crippen molar-refractivity contribution in [2.75, 3.05) is 0 Å². The molecule has 4 heteroatoms. The first-order valence-corrected chi connectivity index (χ1v) is 9.22. The molecule has 1 aromatic carbocycles. The van der Waals surface area contributed by atoms with Gasteiger partial charge < -0.3 is 10.1 Å². The molecule has 3 fully saturated rings. The smallest absolute Gasteiger partial charge is 0.223 e. The Bertz CT molecular complexity index is 648. The summed E-state index contributed by atoms with van der Waals surface area (Å²) in [5, 5.41) is 12.4. The number of rotatable bonds is 4. The first-order chi connectivity index (χ1) is 11.8. The molecular weight excluding hydrogens is 300 g/mol. The van der Waals surface area contributed by atoms with Crippen molar-refractivity contribution >= 4 is 5.91 Å². The summed E-state index contributed by atoms with van der Waals surface area (Å²) in [5.74, 6) is 2.66. The van der Waals surface area contributed by atoms with Gasteiger partial charge in [0.2, 0.25) is 5.91 Å². The zero-order chi connectivity index (χ0) is 16.5. The molecule has 126 valence electrons. The van der Waals surface area contributed by atoms with Gasteiger partial charge in [0.15, 0.2) is 0 Å². The van der Waals surface area contributed by atoms with Gasteiger partial charge in [0, 0.05) is 12.0 Å². The summed E-state index contributed by atoms with van der Waals surface area (Å²) in [6.45, 7) is 0. The van der Waals surface area contributed by atoms with Gasteiger partial charge in [-0.25, -0.2) is 0 Å². The average molecular weight is 324 g/mol. The number of para-hydroxylation sites is 1. The summed E-state index contributed by atoms with van der Waals surface area (Å²) in [6, 6.07) is 9.87. The average Bonchev–Trinajstić information content (AvgIpc) is 3.10. The van der Waals surface area contributed by atoms with Crippen LogP contribution in [0.4, 0.5) is 0 Å². The van der Waals surface area contributed by atoms with E-state index in [4.69, 9.17) is 10.00 Å². The van der Waals surface area contributed by atoms with E-state index in [0.717, 1.165) is 25.7 Å². The number of ether oxygens (including phenoxy) is 1. The maximum Gasteiger partial charge on any atom is 0.223 e. The topological polar surface area (TPSA) is 62.1 Å². The monoisotopic (exact) mass is 324 g/mol. The number of carbonyl (C=O) groups is 1. The van der Waals surface area contributed by atoms with Gasteiger partial charge in [-0.2, -0.15) is 5.26 Å². The lowest BCUT2D eigenvalue weighted by Crippen LogP contribution is -2.41. The third-order valence-electron chi connectivity index (χ3n) is 6.03. The molecule has 2 atom stereocenters. The summed E-state index contributed by atoms with van der Waals surface area (Å²) in [6.07, 6.45) is 7.76. The van der Waals surface area contributed by atoms with Crippen molar-refractivity contribution in [2.45, 2.75) is 57.1 Å². The van der Waals surface area contributed by atoms with E-state index in [1.807, 2.05) is 18.2 Å². The molecule has 0 unspecified atom stereocenters. The Hall–Kier alpha value is -2.02. The number of amides is 1. The van der Waals surface area contributed by atoms with Crippen LogP contribution in [0.1, 0.15) is 50.5 Å². The molecule has 3 saturated carbocycles. The van der Waals surface area contributed by atoms with E-state index in [0.29, 0.717) is 41.0 Å². The number of hydrogen-bond acceptors (Lipinski definition) is 3. The molecule has 0 radical (unpaired) electrons. The molecule has 24 heavy (non-hydrogen) atoms. The van der Waals surface area contributed by atoms with Gasteiger partial charge in [0.05, 0.1) is 11.7 Å². The number of nitriles is 1. The molecule has 1 amide bonds. The van der Waals surface area contributed by atoms with Crippen molar-refractivity contribution in [1.82, 2.24) is 5.32 Å². The van der Waals surface area contributed by atoms with Crippen LogP contribution < -0.4 is 10.1 Å². The molecule has 0 aromatic heterocycles. The highest BCUT2D eigenvalue weighted by Crippen LogP contribution is 2.57. The summed E-state index contributed by atoms with van der Waals surface area (Å²) in [5.41, 5.74) is 0.591. The number of nitrogens with one attached hydrogen (secondary N) is 1. The van der Waals surface area contributed by atoms with Crippen LogP contribution in [0.2, 0.25) is 0 Å². The molecule has 0 heterocycles. The Morgan fingerprint density at radius 2 is 1.79 bits per heavy atom. The van der Waals surface area contributed by atoms with Crippen molar-refractivity contribution < 1.29 is 9.53 Å². The second-order valence-electron chi connectivity index (χ2n) is 7.49. The molecular formula is C20H24N2O2. The highest BCUT2D eigenvalue weighted by molar-refractivity contribution is 5.82. The Balaban J connectivity index is 1.25. The zero-order valence-electron chi connectivity index (χ0n) is 13.9. The SMILES string of the molecule is N#Cc1ccccc1OC1CCC(NC(=O)C2[C@@H]3CCC[C@@H]23)CC1. The molecule has 0 saturated heterocycles. The van der Waals surface area contributed by atoms with Crippen molar-refractivity contribution in [3.63, 3.8) is 0 Å². The standard InChI is InChI=1S/C20H24N2O2/c21-12-13-4-1-2-7-18(13)24-15-10-8-14(9-11-15)22-20(23)19-16-5-3-6-17(16)19/h1-2,4,7,14-17,19H,3,5-6,8-11H2,(H,22,23)/t14?,15?,16-,17-/m1/s1. The third kappa shape index (κ3) is 3.00. The molecule has 3 aliphatic rings. The number of fused-ring (bicyclic) bond motifs is 1. The molecule has 1 aromatic rings. The van der Waals surface area contributed by atoms with Crippen LogP contribution in [0.5, 0.6) is 5.75 Å². The van der Waals surface area contributed by atoms with Gasteiger partial charge in [0.1, 0.15) is 11.8 Å². The summed E-state index contributed by atoms with van der Waals surface area (Å²) in [7, 11) is 0. The second kappa shape index (κ2) is 6.47. The van der Waals surface area contributed by atoms with Crippen LogP contribution in [-0.2, 0) is 4.79 Å². The first-order valence-electron chi connectivity index (χ1n) is 9.22. The zero-order valence-corrected chi connectivity index (χ0v) is 13.9. The molecule has 0 spiro atoms. The fraction of sp³-hybridized carbons (Fsp3) is 0.600. The lowest BCUT2D eigenvalue weighted by molar-refractivity contribution is -0.124. The van der Waals surface area contributed by atoms with E-state index in [2.05, 4.69) is 11.4 Å². The fourth-order valence-corrected chi connectivity index (χ4v) is 4.67. The molecule has 3 aliphatic carbocycles. The van der Waals surface area contributed by atoms with Crippen molar-refractivity contribution in [1.29, 1.82) is 5.26 Å².